The molecule has 0 spiro atoms. The summed E-state index contributed by atoms with van der Waals surface area (Å²) in [4.78, 5) is -0.332. The Morgan fingerprint density at radius 1 is 0.895 bits per heavy atom. The van der Waals surface area contributed by atoms with Crippen molar-refractivity contribution in [3.63, 3.8) is 0 Å². The van der Waals surface area contributed by atoms with Crippen LogP contribution >= 0.6 is 0 Å². The number of rotatable bonds is 7. The van der Waals surface area contributed by atoms with Crippen LogP contribution in [0.2, 0.25) is 0 Å². The van der Waals surface area contributed by atoms with Crippen molar-refractivity contribution >= 4 is 10.1 Å². The third-order valence-electron chi connectivity index (χ3n) is 2.19. The lowest BCUT2D eigenvalue weighted by molar-refractivity contribution is 0.279. The highest BCUT2D eigenvalue weighted by Crippen LogP contribution is 2.37. The molecule has 0 atom stereocenters. The smallest absolute Gasteiger partial charge is 0.298 e. The Hall–Kier alpha value is -1.47. The van der Waals surface area contributed by atoms with Crippen LogP contribution in [-0.2, 0) is 10.1 Å². The molecule has 19 heavy (non-hydrogen) atoms. The van der Waals surface area contributed by atoms with E-state index in [-0.39, 0.29) is 23.0 Å². The van der Waals surface area contributed by atoms with Crippen molar-refractivity contribution in [1.82, 2.24) is 0 Å². The molecule has 0 aliphatic carbocycles. The summed E-state index contributed by atoms with van der Waals surface area (Å²) in [5.74, 6) is 0.664. The van der Waals surface area contributed by atoms with Crippen LogP contribution in [0.15, 0.2) is 17.0 Å². The Labute approximate surface area is 113 Å². The minimum atomic E-state index is -4.39. The van der Waals surface area contributed by atoms with E-state index in [1.807, 2.05) is 0 Å². The minimum absolute atomic E-state index is 0.0388. The van der Waals surface area contributed by atoms with Crippen molar-refractivity contribution in [3.05, 3.63) is 12.1 Å². The lowest BCUT2D eigenvalue weighted by Gasteiger charge is -2.15. The Morgan fingerprint density at radius 2 is 1.32 bits per heavy atom. The fourth-order valence-corrected chi connectivity index (χ4v) is 2.16. The summed E-state index contributed by atoms with van der Waals surface area (Å²) < 4.78 is 47.7. The number of hydrogen-bond donors (Lipinski definition) is 1. The van der Waals surface area contributed by atoms with Gasteiger partial charge in [0.1, 0.15) is 10.6 Å². The van der Waals surface area contributed by atoms with Gasteiger partial charge in [-0.3, -0.25) is 4.55 Å². The van der Waals surface area contributed by atoms with E-state index < -0.39 is 10.1 Å². The van der Waals surface area contributed by atoms with Crippen molar-refractivity contribution in [1.29, 1.82) is 0 Å². The van der Waals surface area contributed by atoms with Gasteiger partial charge in [0.15, 0.2) is 11.5 Å². The number of benzene rings is 1. The monoisotopic (exact) mass is 290 g/mol. The normalized spacial score (nSPS) is 11.2. The van der Waals surface area contributed by atoms with E-state index >= 15 is 0 Å². The first kappa shape index (κ1) is 15.6. The van der Waals surface area contributed by atoms with Crippen LogP contribution in [0.1, 0.15) is 20.8 Å². The van der Waals surface area contributed by atoms with E-state index in [0.29, 0.717) is 19.0 Å². The van der Waals surface area contributed by atoms with Gasteiger partial charge >= 0.3 is 0 Å². The van der Waals surface area contributed by atoms with Crippen LogP contribution < -0.4 is 14.2 Å². The predicted octanol–water partition coefficient (Wildman–Crippen LogP) is 2.13. The Bertz CT molecular complexity index is 523. The molecule has 1 aromatic rings. The molecule has 0 unspecified atom stereocenters. The molecular weight excluding hydrogens is 272 g/mol. The molecule has 0 fully saturated rings. The predicted molar refractivity (Wildman–Crippen MR) is 69.8 cm³/mol. The summed E-state index contributed by atoms with van der Waals surface area (Å²) in [6, 6.07) is 2.61. The van der Waals surface area contributed by atoms with Crippen molar-refractivity contribution in [3.8, 4) is 17.2 Å². The van der Waals surface area contributed by atoms with Crippen LogP contribution in [0, 0.1) is 0 Å². The van der Waals surface area contributed by atoms with E-state index in [1.54, 1.807) is 20.8 Å². The van der Waals surface area contributed by atoms with Crippen molar-refractivity contribution in [2.75, 3.05) is 19.8 Å². The molecule has 6 nitrogen and oxygen atoms in total. The Morgan fingerprint density at radius 3 is 1.74 bits per heavy atom. The van der Waals surface area contributed by atoms with Gasteiger partial charge in [0, 0.05) is 12.1 Å². The Kier molecular flexibility index (Phi) is 5.44. The molecule has 0 aliphatic rings. The SMILES string of the molecule is CCOc1cc(OCC)c(S(=O)(=O)O)cc1OCC. The van der Waals surface area contributed by atoms with Crippen LogP contribution in [0.4, 0.5) is 0 Å². The van der Waals surface area contributed by atoms with Gasteiger partial charge in [0.05, 0.1) is 19.8 Å². The van der Waals surface area contributed by atoms with Gasteiger partial charge in [-0.15, -0.1) is 0 Å². The quantitative estimate of drug-likeness (QED) is 0.775. The molecule has 108 valence electrons. The summed E-state index contributed by atoms with van der Waals surface area (Å²) in [5, 5.41) is 0. The maximum absolute atomic E-state index is 11.3. The third-order valence-corrected chi connectivity index (χ3v) is 3.06. The summed E-state index contributed by atoms with van der Waals surface area (Å²) in [6.07, 6.45) is 0. The second-order valence-electron chi connectivity index (χ2n) is 3.52. The highest BCUT2D eigenvalue weighted by Gasteiger charge is 2.21. The van der Waals surface area contributed by atoms with Crippen LogP contribution in [0.5, 0.6) is 17.2 Å². The van der Waals surface area contributed by atoms with E-state index in [0.717, 1.165) is 0 Å². The maximum atomic E-state index is 11.3. The average molecular weight is 290 g/mol. The maximum Gasteiger partial charge on any atom is 0.298 e. The molecule has 1 aromatic carbocycles. The second kappa shape index (κ2) is 6.63. The zero-order chi connectivity index (χ0) is 14.5. The van der Waals surface area contributed by atoms with Gasteiger partial charge in [0.2, 0.25) is 0 Å². The lowest BCUT2D eigenvalue weighted by Crippen LogP contribution is -2.06. The van der Waals surface area contributed by atoms with Gasteiger partial charge in [0.25, 0.3) is 10.1 Å². The molecule has 0 aliphatic heterocycles. The fourth-order valence-electron chi connectivity index (χ4n) is 1.53. The van der Waals surface area contributed by atoms with Gasteiger partial charge in [-0.2, -0.15) is 8.42 Å². The third kappa shape index (κ3) is 4.00. The van der Waals surface area contributed by atoms with Gasteiger partial charge in [-0.25, -0.2) is 0 Å². The highest BCUT2D eigenvalue weighted by molar-refractivity contribution is 7.86. The first-order valence-corrected chi connectivity index (χ1v) is 7.41. The van der Waals surface area contributed by atoms with Crippen molar-refractivity contribution in [2.45, 2.75) is 25.7 Å². The molecule has 1 rings (SSSR count). The zero-order valence-electron chi connectivity index (χ0n) is 11.2. The van der Waals surface area contributed by atoms with E-state index in [2.05, 4.69) is 0 Å². The Balaban J connectivity index is 3.40. The molecule has 7 heteroatoms. The summed E-state index contributed by atoms with van der Waals surface area (Å²) in [7, 11) is -4.39. The summed E-state index contributed by atoms with van der Waals surface area (Å²) in [5.41, 5.74) is 0. The second-order valence-corrected chi connectivity index (χ2v) is 4.91. The molecule has 0 bridgehead atoms. The molecule has 1 N–H and O–H groups in total. The number of ether oxygens (including phenoxy) is 3. The first-order valence-electron chi connectivity index (χ1n) is 5.97. The van der Waals surface area contributed by atoms with E-state index in [4.69, 9.17) is 14.2 Å². The summed E-state index contributed by atoms with van der Waals surface area (Å²) in [6.45, 7) is 6.29. The van der Waals surface area contributed by atoms with Crippen LogP contribution in [-0.4, -0.2) is 32.8 Å². The topological polar surface area (TPSA) is 82.1 Å². The summed E-state index contributed by atoms with van der Waals surface area (Å²) >= 11 is 0. The van der Waals surface area contributed by atoms with E-state index in [9.17, 15) is 13.0 Å². The molecule has 0 saturated heterocycles. The van der Waals surface area contributed by atoms with Crippen LogP contribution in [0.25, 0.3) is 0 Å². The standard InChI is InChI=1S/C12H18O6S/c1-4-16-9-7-11(18-6-3)12(19(13,14)15)8-10(9)17-5-2/h7-8H,4-6H2,1-3H3,(H,13,14,15). The van der Waals surface area contributed by atoms with E-state index in [1.165, 1.54) is 12.1 Å². The molecular formula is C12H18O6S. The molecule has 0 aromatic heterocycles. The fraction of sp³-hybridized carbons (Fsp3) is 0.500. The molecule has 0 heterocycles. The highest BCUT2D eigenvalue weighted by atomic mass is 32.2. The van der Waals surface area contributed by atoms with Crippen molar-refractivity contribution < 1.29 is 27.2 Å². The average Bonchev–Trinajstić information content (AvgIpc) is 2.31. The van der Waals surface area contributed by atoms with Crippen LogP contribution in [0.3, 0.4) is 0 Å². The number of hydrogen-bond acceptors (Lipinski definition) is 5. The van der Waals surface area contributed by atoms with Gasteiger partial charge in [-0.05, 0) is 20.8 Å². The molecule has 0 radical (unpaired) electrons. The molecule has 0 saturated carbocycles. The minimum Gasteiger partial charge on any atom is -0.492 e. The first-order chi connectivity index (χ1) is 8.93. The van der Waals surface area contributed by atoms with Gasteiger partial charge in [-0.1, -0.05) is 0 Å². The van der Waals surface area contributed by atoms with Gasteiger partial charge < -0.3 is 14.2 Å². The lowest BCUT2D eigenvalue weighted by atomic mass is 10.3. The van der Waals surface area contributed by atoms with Crippen molar-refractivity contribution in [2.24, 2.45) is 0 Å². The zero-order valence-corrected chi connectivity index (χ0v) is 12.0. The molecule has 0 amide bonds. The largest absolute Gasteiger partial charge is 0.492 e.